The van der Waals surface area contributed by atoms with Crippen LogP contribution in [-0.2, 0) is 0 Å². The highest BCUT2D eigenvalue weighted by Crippen LogP contribution is 2.41. The van der Waals surface area contributed by atoms with Crippen LogP contribution >= 0.6 is 15.9 Å². The van der Waals surface area contributed by atoms with Crippen molar-refractivity contribution in [1.82, 2.24) is 5.32 Å². The number of benzene rings is 2. The standard InChI is InChI=1S/C17H17BrN2O/c18-13-8-9-14(15(19)10-13)17(21)20-16(12-6-7-12)11-4-2-1-3-5-11/h1-5,8-10,12,16H,6-7,19H2,(H,20,21). The van der Waals surface area contributed by atoms with Crippen LogP contribution in [0.4, 0.5) is 5.69 Å². The fraction of sp³-hybridized carbons (Fsp3) is 0.235. The van der Waals surface area contributed by atoms with Crippen LogP contribution in [-0.4, -0.2) is 5.91 Å². The molecule has 108 valence electrons. The van der Waals surface area contributed by atoms with E-state index in [9.17, 15) is 4.79 Å². The number of hydrogen-bond acceptors (Lipinski definition) is 2. The number of halogens is 1. The lowest BCUT2D eigenvalue weighted by Gasteiger charge is -2.19. The molecule has 0 heterocycles. The molecule has 3 rings (SSSR count). The third kappa shape index (κ3) is 3.27. The summed E-state index contributed by atoms with van der Waals surface area (Å²) >= 11 is 3.35. The molecule has 0 radical (unpaired) electrons. The van der Waals surface area contributed by atoms with Gasteiger partial charge in [-0.15, -0.1) is 0 Å². The van der Waals surface area contributed by atoms with Crippen molar-refractivity contribution >= 4 is 27.5 Å². The molecule has 0 aliphatic heterocycles. The minimum absolute atomic E-state index is 0.0711. The van der Waals surface area contributed by atoms with E-state index < -0.39 is 0 Å². The molecule has 1 aliphatic carbocycles. The van der Waals surface area contributed by atoms with E-state index in [4.69, 9.17) is 5.73 Å². The van der Waals surface area contributed by atoms with Crippen molar-refractivity contribution in [2.75, 3.05) is 5.73 Å². The monoisotopic (exact) mass is 344 g/mol. The van der Waals surface area contributed by atoms with Gasteiger partial charge in [-0.2, -0.15) is 0 Å². The first-order valence-corrected chi connectivity index (χ1v) is 7.85. The van der Waals surface area contributed by atoms with Gasteiger partial charge in [-0.25, -0.2) is 0 Å². The second-order valence-electron chi connectivity index (χ2n) is 5.43. The Morgan fingerprint density at radius 1 is 1.19 bits per heavy atom. The molecule has 3 nitrogen and oxygen atoms in total. The van der Waals surface area contributed by atoms with E-state index in [0.29, 0.717) is 17.2 Å². The summed E-state index contributed by atoms with van der Waals surface area (Å²) in [6, 6.07) is 15.5. The summed E-state index contributed by atoms with van der Waals surface area (Å²) in [4.78, 5) is 12.5. The Balaban J connectivity index is 1.81. The van der Waals surface area contributed by atoms with Gasteiger partial charge in [0.15, 0.2) is 0 Å². The molecule has 3 N–H and O–H groups in total. The van der Waals surface area contributed by atoms with E-state index in [1.807, 2.05) is 24.3 Å². The average molecular weight is 345 g/mol. The summed E-state index contributed by atoms with van der Waals surface area (Å²) in [5.74, 6) is 0.425. The average Bonchev–Trinajstić information content (AvgIpc) is 3.30. The van der Waals surface area contributed by atoms with Gasteiger partial charge < -0.3 is 11.1 Å². The Labute approximate surface area is 132 Å². The summed E-state index contributed by atoms with van der Waals surface area (Å²) in [6.45, 7) is 0. The molecule has 1 amide bonds. The number of carbonyl (C=O) groups is 1. The largest absolute Gasteiger partial charge is 0.398 e. The third-order valence-corrected chi connectivity index (χ3v) is 4.29. The third-order valence-electron chi connectivity index (χ3n) is 3.80. The maximum atomic E-state index is 12.5. The van der Waals surface area contributed by atoms with Gasteiger partial charge in [0.05, 0.1) is 11.6 Å². The first-order chi connectivity index (χ1) is 10.1. The van der Waals surface area contributed by atoms with Crippen LogP contribution in [0.5, 0.6) is 0 Å². The maximum absolute atomic E-state index is 12.5. The molecular formula is C17H17BrN2O. The fourth-order valence-electron chi connectivity index (χ4n) is 2.52. The van der Waals surface area contributed by atoms with Crippen molar-refractivity contribution in [3.05, 3.63) is 64.1 Å². The van der Waals surface area contributed by atoms with Crippen LogP contribution in [0.15, 0.2) is 53.0 Å². The van der Waals surface area contributed by atoms with Crippen LogP contribution < -0.4 is 11.1 Å². The number of rotatable bonds is 4. The van der Waals surface area contributed by atoms with Crippen LogP contribution in [0.2, 0.25) is 0 Å². The van der Waals surface area contributed by atoms with E-state index in [-0.39, 0.29) is 11.9 Å². The summed E-state index contributed by atoms with van der Waals surface area (Å²) in [7, 11) is 0. The molecule has 21 heavy (non-hydrogen) atoms. The number of nitrogens with one attached hydrogen (secondary N) is 1. The molecule has 2 aromatic rings. The summed E-state index contributed by atoms with van der Waals surface area (Å²) in [5.41, 5.74) is 8.11. The predicted molar refractivity (Wildman–Crippen MR) is 87.9 cm³/mol. The van der Waals surface area contributed by atoms with E-state index in [1.165, 1.54) is 0 Å². The number of amides is 1. The van der Waals surface area contributed by atoms with Crippen molar-refractivity contribution in [3.8, 4) is 0 Å². The molecule has 4 heteroatoms. The summed E-state index contributed by atoms with van der Waals surface area (Å²) in [5, 5.41) is 3.14. The van der Waals surface area contributed by atoms with Crippen LogP contribution in [0, 0.1) is 5.92 Å². The van der Waals surface area contributed by atoms with E-state index >= 15 is 0 Å². The van der Waals surface area contributed by atoms with Crippen molar-refractivity contribution in [2.45, 2.75) is 18.9 Å². The van der Waals surface area contributed by atoms with Crippen LogP contribution in [0.3, 0.4) is 0 Å². The molecule has 1 fully saturated rings. The molecular weight excluding hydrogens is 328 g/mol. The summed E-state index contributed by atoms with van der Waals surface area (Å²) in [6.07, 6.45) is 2.32. The number of anilines is 1. The molecule has 1 atom stereocenters. The second kappa shape index (κ2) is 5.90. The number of hydrogen-bond donors (Lipinski definition) is 2. The van der Waals surface area contributed by atoms with Gasteiger partial charge in [0.2, 0.25) is 0 Å². The summed E-state index contributed by atoms with van der Waals surface area (Å²) < 4.78 is 0.873. The molecule has 0 bridgehead atoms. The van der Waals surface area contributed by atoms with Crippen LogP contribution in [0.25, 0.3) is 0 Å². The van der Waals surface area contributed by atoms with E-state index in [0.717, 1.165) is 22.9 Å². The number of nitrogens with two attached hydrogens (primary N) is 1. The molecule has 1 aliphatic rings. The quantitative estimate of drug-likeness (QED) is 0.826. The zero-order valence-corrected chi connectivity index (χ0v) is 13.1. The molecule has 0 aromatic heterocycles. The molecule has 0 spiro atoms. The van der Waals surface area contributed by atoms with Gasteiger partial charge in [0.25, 0.3) is 5.91 Å². The highest BCUT2D eigenvalue weighted by atomic mass is 79.9. The van der Waals surface area contributed by atoms with Gasteiger partial charge in [0.1, 0.15) is 0 Å². The van der Waals surface area contributed by atoms with Gasteiger partial charge in [-0.3, -0.25) is 4.79 Å². The van der Waals surface area contributed by atoms with Gasteiger partial charge in [-0.1, -0.05) is 46.3 Å². The van der Waals surface area contributed by atoms with Gasteiger partial charge in [-0.05, 0) is 42.5 Å². The zero-order valence-electron chi connectivity index (χ0n) is 11.6. The minimum atomic E-state index is -0.110. The topological polar surface area (TPSA) is 55.1 Å². The zero-order chi connectivity index (χ0) is 14.8. The molecule has 1 saturated carbocycles. The fourth-order valence-corrected chi connectivity index (χ4v) is 2.90. The highest BCUT2D eigenvalue weighted by molar-refractivity contribution is 9.10. The lowest BCUT2D eigenvalue weighted by atomic mass is 10.0. The molecule has 2 aromatic carbocycles. The minimum Gasteiger partial charge on any atom is -0.398 e. The lowest BCUT2D eigenvalue weighted by molar-refractivity contribution is 0.0932. The smallest absolute Gasteiger partial charge is 0.253 e. The highest BCUT2D eigenvalue weighted by Gasteiger charge is 2.33. The Hall–Kier alpha value is -1.81. The normalized spacial score (nSPS) is 15.5. The molecule has 1 unspecified atom stereocenters. The first kappa shape index (κ1) is 14.1. The predicted octanol–water partition coefficient (Wildman–Crippen LogP) is 3.91. The first-order valence-electron chi connectivity index (χ1n) is 7.06. The Morgan fingerprint density at radius 2 is 1.90 bits per heavy atom. The van der Waals surface area contributed by atoms with Crippen LogP contribution in [0.1, 0.15) is 34.8 Å². The van der Waals surface area contributed by atoms with Gasteiger partial charge >= 0.3 is 0 Å². The van der Waals surface area contributed by atoms with Gasteiger partial charge in [0, 0.05) is 10.2 Å². The van der Waals surface area contributed by atoms with Crippen molar-refractivity contribution in [3.63, 3.8) is 0 Å². The second-order valence-corrected chi connectivity index (χ2v) is 6.35. The number of nitrogen functional groups attached to an aromatic ring is 1. The van der Waals surface area contributed by atoms with Crippen molar-refractivity contribution in [2.24, 2.45) is 5.92 Å². The maximum Gasteiger partial charge on any atom is 0.253 e. The van der Waals surface area contributed by atoms with E-state index in [1.54, 1.807) is 12.1 Å². The van der Waals surface area contributed by atoms with Crippen molar-refractivity contribution in [1.29, 1.82) is 0 Å². The Morgan fingerprint density at radius 3 is 2.52 bits per heavy atom. The Kier molecular flexibility index (Phi) is 3.97. The lowest BCUT2D eigenvalue weighted by Crippen LogP contribution is -2.30. The van der Waals surface area contributed by atoms with Crippen molar-refractivity contribution < 1.29 is 4.79 Å². The van der Waals surface area contributed by atoms with E-state index in [2.05, 4.69) is 33.4 Å². The number of carbonyl (C=O) groups excluding carboxylic acids is 1. The Bertz CT molecular complexity index is 653. The molecule has 0 saturated heterocycles. The SMILES string of the molecule is Nc1cc(Br)ccc1C(=O)NC(c1ccccc1)C1CC1.